The van der Waals surface area contributed by atoms with Gasteiger partial charge in [-0.05, 0) is 44.2 Å². The summed E-state index contributed by atoms with van der Waals surface area (Å²) < 4.78 is 6.13. The van der Waals surface area contributed by atoms with Crippen molar-refractivity contribution in [2.45, 2.75) is 44.2 Å². The molecular formula is C14H27N3OS. The summed E-state index contributed by atoms with van der Waals surface area (Å²) in [6.45, 7) is 3.80. The predicted octanol–water partition coefficient (Wildman–Crippen LogP) is 1.94. The van der Waals surface area contributed by atoms with Crippen LogP contribution in [-0.4, -0.2) is 54.1 Å². The van der Waals surface area contributed by atoms with Gasteiger partial charge in [0.15, 0.2) is 0 Å². The molecule has 0 aromatic carbocycles. The molecule has 0 aliphatic carbocycles. The van der Waals surface area contributed by atoms with Gasteiger partial charge in [0.2, 0.25) is 0 Å². The predicted molar refractivity (Wildman–Crippen MR) is 82.0 cm³/mol. The first-order valence-electron chi connectivity index (χ1n) is 7.28. The lowest BCUT2D eigenvalue weighted by atomic mass is 9.85. The maximum absolute atomic E-state index is 7.52. The van der Waals surface area contributed by atoms with E-state index in [2.05, 4.69) is 11.9 Å². The number of thioether (sulfide) groups is 1. The van der Waals surface area contributed by atoms with Crippen LogP contribution in [0.15, 0.2) is 0 Å². The maximum Gasteiger partial charge on any atom is 0.0947 e. The third-order valence-corrected chi connectivity index (χ3v) is 5.57. The Morgan fingerprint density at radius 1 is 1.53 bits per heavy atom. The Morgan fingerprint density at radius 3 is 2.84 bits per heavy atom. The van der Waals surface area contributed by atoms with E-state index in [0.717, 1.165) is 26.0 Å². The zero-order valence-electron chi connectivity index (χ0n) is 12.2. The van der Waals surface area contributed by atoms with Crippen molar-refractivity contribution in [3.63, 3.8) is 0 Å². The summed E-state index contributed by atoms with van der Waals surface area (Å²) >= 11 is 2.05. The standard InChI is InChI=1S/C14H27N3OS/c1-11(13(15)16)10-17(2)12-3-6-18-14(9-12)4-7-19-8-5-14/h11-12H,3-10H2,1-2H3,(H3,15,16). The third-order valence-electron chi connectivity index (χ3n) is 4.59. The van der Waals surface area contributed by atoms with E-state index in [1.54, 1.807) is 0 Å². The van der Waals surface area contributed by atoms with Crippen LogP contribution in [-0.2, 0) is 4.74 Å². The molecule has 0 bridgehead atoms. The summed E-state index contributed by atoms with van der Waals surface area (Å²) in [6, 6.07) is 0.582. The normalized spacial score (nSPS) is 28.5. The summed E-state index contributed by atoms with van der Waals surface area (Å²) in [7, 11) is 2.17. The van der Waals surface area contributed by atoms with Crippen molar-refractivity contribution in [2.24, 2.45) is 11.7 Å². The lowest BCUT2D eigenvalue weighted by Crippen LogP contribution is -2.50. The van der Waals surface area contributed by atoms with E-state index in [4.69, 9.17) is 15.9 Å². The van der Waals surface area contributed by atoms with E-state index in [-0.39, 0.29) is 11.5 Å². The van der Waals surface area contributed by atoms with Gasteiger partial charge in [0, 0.05) is 25.1 Å². The van der Waals surface area contributed by atoms with Gasteiger partial charge in [0.1, 0.15) is 0 Å². The zero-order chi connectivity index (χ0) is 13.9. The number of nitrogens with two attached hydrogens (primary N) is 1. The average molecular weight is 285 g/mol. The third kappa shape index (κ3) is 3.86. The molecule has 2 rings (SSSR count). The molecule has 0 saturated carbocycles. The van der Waals surface area contributed by atoms with Gasteiger partial charge in [0.25, 0.3) is 0 Å². The molecule has 2 heterocycles. The fourth-order valence-corrected chi connectivity index (χ4v) is 4.39. The Kier molecular flexibility index (Phi) is 5.15. The first kappa shape index (κ1) is 15.1. The van der Waals surface area contributed by atoms with Gasteiger partial charge in [-0.3, -0.25) is 5.41 Å². The smallest absolute Gasteiger partial charge is 0.0947 e. The SMILES string of the molecule is CC(CN(C)C1CCOC2(CCSCC2)C1)C(=N)N. The van der Waals surface area contributed by atoms with Gasteiger partial charge in [-0.1, -0.05) is 6.92 Å². The second-order valence-corrected chi connectivity index (χ2v) is 7.31. The summed E-state index contributed by atoms with van der Waals surface area (Å²) in [5, 5.41) is 7.52. The zero-order valence-corrected chi connectivity index (χ0v) is 13.0. The summed E-state index contributed by atoms with van der Waals surface area (Å²) in [5.41, 5.74) is 5.72. The Morgan fingerprint density at radius 2 is 2.21 bits per heavy atom. The van der Waals surface area contributed by atoms with Crippen LogP contribution in [0.2, 0.25) is 0 Å². The topological polar surface area (TPSA) is 62.3 Å². The summed E-state index contributed by atoms with van der Waals surface area (Å²) in [6.07, 6.45) is 4.65. The second kappa shape index (κ2) is 6.46. The molecule has 4 nitrogen and oxygen atoms in total. The van der Waals surface area contributed by atoms with E-state index in [0.29, 0.717) is 11.9 Å². The molecule has 2 unspecified atom stereocenters. The highest BCUT2D eigenvalue weighted by molar-refractivity contribution is 7.99. The number of rotatable bonds is 4. The highest BCUT2D eigenvalue weighted by atomic mass is 32.2. The Bertz CT molecular complexity index is 312. The van der Waals surface area contributed by atoms with Gasteiger partial charge in [0.05, 0.1) is 11.4 Å². The molecular weight excluding hydrogens is 258 g/mol. The van der Waals surface area contributed by atoms with Crippen molar-refractivity contribution >= 4 is 17.6 Å². The van der Waals surface area contributed by atoms with Crippen molar-refractivity contribution in [1.29, 1.82) is 5.41 Å². The van der Waals surface area contributed by atoms with E-state index in [9.17, 15) is 0 Å². The second-order valence-electron chi connectivity index (χ2n) is 6.09. The highest BCUT2D eigenvalue weighted by Crippen LogP contribution is 2.38. The van der Waals surface area contributed by atoms with Crippen LogP contribution < -0.4 is 5.73 Å². The molecule has 2 aliphatic heterocycles. The Hall–Kier alpha value is -0.260. The van der Waals surface area contributed by atoms with E-state index >= 15 is 0 Å². The van der Waals surface area contributed by atoms with E-state index in [1.807, 2.05) is 18.7 Å². The van der Waals surface area contributed by atoms with Crippen LogP contribution in [0, 0.1) is 11.3 Å². The molecule has 3 N–H and O–H groups in total. The average Bonchev–Trinajstić information content (AvgIpc) is 2.39. The van der Waals surface area contributed by atoms with Gasteiger partial charge >= 0.3 is 0 Å². The van der Waals surface area contributed by atoms with Crippen molar-refractivity contribution in [3.05, 3.63) is 0 Å². The van der Waals surface area contributed by atoms with Gasteiger partial charge < -0.3 is 15.4 Å². The molecule has 110 valence electrons. The van der Waals surface area contributed by atoms with E-state index < -0.39 is 0 Å². The number of amidine groups is 1. The largest absolute Gasteiger partial charge is 0.387 e. The van der Waals surface area contributed by atoms with Crippen LogP contribution in [0.1, 0.15) is 32.6 Å². The van der Waals surface area contributed by atoms with Crippen LogP contribution >= 0.6 is 11.8 Å². The lowest BCUT2D eigenvalue weighted by Gasteiger charge is -2.46. The number of ether oxygens (including phenoxy) is 1. The molecule has 0 radical (unpaired) electrons. The van der Waals surface area contributed by atoms with E-state index in [1.165, 1.54) is 24.3 Å². The summed E-state index contributed by atoms with van der Waals surface area (Å²) in [4.78, 5) is 2.39. The highest BCUT2D eigenvalue weighted by Gasteiger charge is 2.39. The Balaban J connectivity index is 1.91. The lowest BCUT2D eigenvalue weighted by molar-refractivity contribution is -0.108. The van der Waals surface area contributed by atoms with Crippen LogP contribution in [0.25, 0.3) is 0 Å². The van der Waals surface area contributed by atoms with Gasteiger partial charge in [-0.2, -0.15) is 11.8 Å². The van der Waals surface area contributed by atoms with Crippen molar-refractivity contribution in [3.8, 4) is 0 Å². The molecule has 2 fully saturated rings. The maximum atomic E-state index is 7.52. The molecule has 2 saturated heterocycles. The number of nitrogens with one attached hydrogen (secondary N) is 1. The molecule has 0 aromatic heterocycles. The summed E-state index contributed by atoms with van der Waals surface area (Å²) in [5.74, 6) is 2.91. The minimum absolute atomic E-state index is 0.141. The fraction of sp³-hybridized carbons (Fsp3) is 0.929. The van der Waals surface area contributed by atoms with Crippen molar-refractivity contribution < 1.29 is 4.74 Å². The molecule has 0 amide bonds. The van der Waals surface area contributed by atoms with Crippen molar-refractivity contribution in [2.75, 3.05) is 31.7 Å². The molecule has 19 heavy (non-hydrogen) atoms. The minimum Gasteiger partial charge on any atom is -0.387 e. The number of hydrogen-bond donors (Lipinski definition) is 2. The van der Waals surface area contributed by atoms with Crippen LogP contribution in [0.5, 0.6) is 0 Å². The minimum atomic E-state index is 0.141. The molecule has 5 heteroatoms. The first-order chi connectivity index (χ1) is 9.02. The van der Waals surface area contributed by atoms with Gasteiger partial charge in [-0.15, -0.1) is 0 Å². The fourth-order valence-electron chi connectivity index (χ4n) is 3.15. The molecule has 0 aromatic rings. The number of nitrogens with zero attached hydrogens (tertiary/aromatic N) is 1. The van der Waals surface area contributed by atoms with Crippen LogP contribution in [0.4, 0.5) is 0 Å². The van der Waals surface area contributed by atoms with Crippen molar-refractivity contribution in [1.82, 2.24) is 4.90 Å². The molecule has 2 aliphatic rings. The Labute approximate surface area is 120 Å². The monoisotopic (exact) mass is 285 g/mol. The molecule has 1 spiro atoms. The van der Waals surface area contributed by atoms with Gasteiger partial charge in [-0.25, -0.2) is 0 Å². The number of hydrogen-bond acceptors (Lipinski definition) is 4. The quantitative estimate of drug-likeness (QED) is 0.612. The molecule has 2 atom stereocenters. The van der Waals surface area contributed by atoms with Crippen LogP contribution in [0.3, 0.4) is 0 Å². The first-order valence-corrected chi connectivity index (χ1v) is 8.44.